The van der Waals surface area contributed by atoms with Crippen molar-refractivity contribution in [1.82, 2.24) is 14.9 Å². The first-order valence-corrected chi connectivity index (χ1v) is 3.47. The summed E-state index contributed by atoms with van der Waals surface area (Å²) in [5, 5.41) is 0. The Morgan fingerprint density at radius 2 is 2.08 bits per heavy atom. The molecule has 12 heavy (non-hydrogen) atoms. The molecule has 0 fully saturated rings. The maximum atomic E-state index is 5.50. The summed E-state index contributed by atoms with van der Waals surface area (Å²) in [5.41, 5.74) is 5.50. The van der Waals surface area contributed by atoms with Gasteiger partial charge in [-0.05, 0) is 0 Å². The highest BCUT2D eigenvalue weighted by Gasteiger charge is 1.95. The van der Waals surface area contributed by atoms with Gasteiger partial charge in [0.15, 0.2) is 11.6 Å². The molecule has 0 atom stereocenters. The van der Waals surface area contributed by atoms with Crippen LogP contribution >= 0.6 is 0 Å². The second kappa shape index (κ2) is 3.66. The van der Waals surface area contributed by atoms with Crippen LogP contribution < -0.4 is 5.73 Å². The van der Waals surface area contributed by atoms with E-state index in [0.717, 1.165) is 0 Å². The molecule has 5 heteroatoms. The summed E-state index contributed by atoms with van der Waals surface area (Å²) in [4.78, 5) is 13.6. The van der Waals surface area contributed by atoms with E-state index in [1.54, 1.807) is 17.4 Å². The molecule has 0 aliphatic carbocycles. The Kier molecular flexibility index (Phi) is 2.57. The topological polar surface area (TPSA) is 67.4 Å². The van der Waals surface area contributed by atoms with Crippen LogP contribution in [0.5, 0.6) is 0 Å². The molecule has 0 bridgehead atoms. The van der Waals surface area contributed by atoms with E-state index in [4.69, 9.17) is 5.73 Å². The number of nitrogens with zero attached hydrogens (tertiary/aromatic N) is 4. The standard InChI is InChI=1S/C7H11N5/c1-12(2)5-11-7-6(8)9-3-4-10-7/h3-5H,1-2H3,(H2,8,9)/b11-5+. The zero-order chi connectivity index (χ0) is 8.97. The molecule has 0 aliphatic rings. The van der Waals surface area contributed by atoms with Crippen LogP contribution in [0.4, 0.5) is 11.6 Å². The lowest BCUT2D eigenvalue weighted by Crippen LogP contribution is -2.07. The van der Waals surface area contributed by atoms with Gasteiger partial charge >= 0.3 is 0 Å². The van der Waals surface area contributed by atoms with E-state index in [9.17, 15) is 0 Å². The van der Waals surface area contributed by atoms with E-state index in [2.05, 4.69) is 15.0 Å². The van der Waals surface area contributed by atoms with E-state index in [-0.39, 0.29) is 0 Å². The highest BCUT2D eigenvalue weighted by molar-refractivity contribution is 5.63. The average molecular weight is 165 g/mol. The van der Waals surface area contributed by atoms with Gasteiger partial charge in [-0.15, -0.1) is 0 Å². The van der Waals surface area contributed by atoms with Crippen molar-refractivity contribution in [3.05, 3.63) is 12.4 Å². The summed E-state index contributed by atoms with van der Waals surface area (Å²) in [6, 6.07) is 0. The Hall–Kier alpha value is -1.65. The second-order valence-electron chi connectivity index (χ2n) is 2.47. The minimum absolute atomic E-state index is 0.343. The number of anilines is 1. The number of aromatic nitrogens is 2. The monoisotopic (exact) mass is 165 g/mol. The van der Waals surface area contributed by atoms with Gasteiger partial charge in [0.05, 0.1) is 6.34 Å². The maximum Gasteiger partial charge on any atom is 0.196 e. The predicted octanol–water partition coefficient (Wildman–Crippen LogP) is 0.280. The first-order chi connectivity index (χ1) is 5.70. The largest absolute Gasteiger partial charge is 0.381 e. The van der Waals surface area contributed by atoms with E-state index < -0.39 is 0 Å². The van der Waals surface area contributed by atoms with Crippen LogP contribution in [-0.4, -0.2) is 35.3 Å². The third kappa shape index (κ3) is 2.19. The summed E-state index contributed by atoms with van der Waals surface area (Å²) in [6.45, 7) is 0. The lowest BCUT2D eigenvalue weighted by Gasteiger charge is -2.02. The second-order valence-corrected chi connectivity index (χ2v) is 2.47. The van der Waals surface area contributed by atoms with Gasteiger partial charge in [0, 0.05) is 26.5 Å². The summed E-state index contributed by atoms with van der Waals surface area (Å²) >= 11 is 0. The molecule has 64 valence electrons. The van der Waals surface area contributed by atoms with Crippen molar-refractivity contribution < 1.29 is 0 Å². The molecule has 0 amide bonds. The van der Waals surface area contributed by atoms with Crippen molar-refractivity contribution in [3.8, 4) is 0 Å². The molecule has 2 N–H and O–H groups in total. The third-order valence-corrected chi connectivity index (χ3v) is 1.12. The van der Waals surface area contributed by atoms with Crippen molar-refractivity contribution in [2.75, 3.05) is 19.8 Å². The fourth-order valence-corrected chi connectivity index (χ4v) is 0.611. The molecular formula is C7H11N5. The molecule has 1 aromatic rings. The minimum Gasteiger partial charge on any atom is -0.381 e. The van der Waals surface area contributed by atoms with Crippen molar-refractivity contribution in [2.45, 2.75) is 0 Å². The molecule has 0 aromatic carbocycles. The molecule has 0 spiro atoms. The highest BCUT2D eigenvalue weighted by Crippen LogP contribution is 2.12. The quantitative estimate of drug-likeness (QED) is 0.505. The van der Waals surface area contributed by atoms with Gasteiger partial charge < -0.3 is 10.6 Å². The Balaban J connectivity index is 2.82. The SMILES string of the molecule is CN(C)/C=N/c1nccnc1N. The van der Waals surface area contributed by atoms with Gasteiger partial charge in [-0.1, -0.05) is 0 Å². The number of hydrogen-bond donors (Lipinski definition) is 1. The molecule has 0 unspecified atom stereocenters. The van der Waals surface area contributed by atoms with Crippen molar-refractivity contribution in [2.24, 2.45) is 4.99 Å². The summed E-state index contributed by atoms with van der Waals surface area (Å²) in [6.07, 6.45) is 4.71. The third-order valence-electron chi connectivity index (χ3n) is 1.12. The molecule has 1 rings (SSSR count). The lowest BCUT2D eigenvalue weighted by atomic mass is 10.6. The Labute approximate surface area is 71.0 Å². The molecular weight excluding hydrogens is 154 g/mol. The first kappa shape index (κ1) is 8.45. The minimum atomic E-state index is 0.343. The van der Waals surface area contributed by atoms with Crippen LogP contribution in [0, 0.1) is 0 Å². The van der Waals surface area contributed by atoms with Gasteiger partial charge in [0.2, 0.25) is 0 Å². The summed E-state index contributed by atoms with van der Waals surface area (Å²) < 4.78 is 0. The van der Waals surface area contributed by atoms with Crippen molar-refractivity contribution >= 4 is 18.0 Å². The fourth-order valence-electron chi connectivity index (χ4n) is 0.611. The van der Waals surface area contributed by atoms with Crippen molar-refractivity contribution in [3.63, 3.8) is 0 Å². The lowest BCUT2D eigenvalue weighted by molar-refractivity contribution is 0.643. The van der Waals surface area contributed by atoms with Crippen LogP contribution in [0.25, 0.3) is 0 Å². The number of rotatable bonds is 2. The first-order valence-electron chi connectivity index (χ1n) is 3.47. The van der Waals surface area contributed by atoms with Crippen LogP contribution in [-0.2, 0) is 0 Å². The summed E-state index contributed by atoms with van der Waals surface area (Å²) in [5.74, 6) is 0.793. The molecule has 1 heterocycles. The molecule has 0 aliphatic heterocycles. The highest BCUT2D eigenvalue weighted by atomic mass is 15.1. The average Bonchev–Trinajstić information content (AvgIpc) is 2.03. The normalized spacial score (nSPS) is 10.5. The number of aliphatic imine (C=N–C) groups is 1. The van der Waals surface area contributed by atoms with E-state index >= 15 is 0 Å². The van der Waals surface area contributed by atoms with Gasteiger partial charge in [0.1, 0.15) is 0 Å². The fraction of sp³-hybridized carbons (Fsp3) is 0.286. The molecule has 0 saturated heterocycles. The maximum absolute atomic E-state index is 5.50. The molecule has 1 aromatic heterocycles. The zero-order valence-corrected chi connectivity index (χ0v) is 7.10. The molecule has 5 nitrogen and oxygen atoms in total. The van der Waals surface area contributed by atoms with Gasteiger partial charge in [-0.3, -0.25) is 0 Å². The predicted molar refractivity (Wildman–Crippen MR) is 48.3 cm³/mol. The van der Waals surface area contributed by atoms with Crippen LogP contribution in [0.1, 0.15) is 0 Å². The number of hydrogen-bond acceptors (Lipinski definition) is 4. The van der Waals surface area contributed by atoms with Crippen LogP contribution in [0.3, 0.4) is 0 Å². The van der Waals surface area contributed by atoms with E-state index in [0.29, 0.717) is 11.6 Å². The van der Waals surface area contributed by atoms with Crippen molar-refractivity contribution in [1.29, 1.82) is 0 Å². The Morgan fingerprint density at radius 1 is 1.42 bits per heavy atom. The van der Waals surface area contributed by atoms with E-state index in [1.807, 2.05) is 14.1 Å². The molecule has 0 radical (unpaired) electrons. The Morgan fingerprint density at radius 3 is 2.67 bits per heavy atom. The van der Waals surface area contributed by atoms with Gasteiger partial charge in [-0.25, -0.2) is 15.0 Å². The van der Waals surface area contributed by atoms with E-state index in [1.165, 1.54) is 6.20 Å². The smallest absolute Gasteiger partial charge is 0.196 e. The summed E-state index contributed by atoms with van der Waals surface area (Å²) in [7, 11) is 3.74. The molecule has 0 saturated carbocycles. The number of nitrogens with two attached hydrogens (primary N) is 1. The zero-order valence-electron chi connectivity index (χ0n) is 7.10. The van der Waals surface area contributed by atoms with Gasteiger partial charge in [0.25, 0.3) is 0 Å². The van der Waals surface area contributed by atoms with Crippen LogP contribution in [0.15, 0.2) is 17.4 Å². The van der Waals surface area contributed by atoms with Crippen LogP contribution in [0.2, 0.25) is 0 Å². The Bertz CT molecular complexity index is 281. The number of nitrogen functional groups attached to an aromatic ring is 1. The van der Waals surface area contributed by atoms with Gasteiger partial charge in [-0.2, -0.15) is 0 Å².